The van der Waals surface area contributed by atoms with E-state index in [1.165, 1.54) is 36.4 Å². The van der Waals surface area contributed by atoms with Gasteiger partial charge in [-0.15, -0.1) is 0 Å². The number of carboxylic acid groups (broad SMARTS) is 1. The van der Waals surface area contributed by atoms with Gasteiger partial charge in [0.1, 0.15) is 22.8 Å². The molecule has 0 bridgehead atoms. The number of carboxylic acids is 1. The average Bonchev–Trinajstić information content (AvgIpc) is 2.82. The summed E-state index contributed by atoms with van der Waals surface area (Å²) < 4.78 is 4.60. The highest BCUT2D eigenvalue weighted by Gasteiger charge is 2.12. The van der Waals surface area contributed by atoms with Crippen LogP contribution in [0.3, 0.4) is 0 Å². The van der Waals surface area contributed by atoms with E-state index in [1.54, 1.807) is 24.3 Å². The summed E-state index contributed by atoms with van der Waals surface area (Å²) in [6.45, 7) is 0.179. The van der Waals surface area contributed by atoms with Crippen molar-refractivity contribution in [2.24, 2.45) is 0 Å². The van der Waals surface area contributed by atoms with Crippen LogP contribution in [0.15, 0.2) is 84.9 Å². The van der Waals surface area contributed by atoms with Crippen molar-refractivity contribution in [1.29, 1.82) is 0 Å². The largest absolute Gasteiger partial charge is 0.508 e. The molecule has 5 N–H and O–H groups in total. The molecule has 0 amide bonds. The lowest BCUT2D eigenvalue weighted by Gasteiger charge is -2.07. The molecule has 0 aliphatic rings. The van der Waals surface area contributed by atoms with Crippen LogP contribution in [0.1, 0.15) is 10.4 Å². The fraction of sp³-hybridized carbons (Fsp3) is 0. The first-order valence-corrected chi connectivity index (χ1v) is 9.87. The van der Waals surface area contributed by atoms with E-state index in [1.807, 2.05) is 24.3 Å². The van der Waals surface area contributed by atoms with E-state index in [0.29, 0.717) is 11.1 Å². The Morgan fingerprint density at radius 3 is 1.53 bits per heavy atom. The molecule has 0 atom stereocenters. The van der Waals surface area contributed by atoms with Crippen molar-refractivity contribution in [2.45, 2.75) is 0 Å². The van der Waals surface area contributed by atoms with E-state index in [9.17, 15) is 19.8 Å². The molecule has 0 saturated heterocycles. The second-order valence-corrected chi connectivity index (χ2v) is 7.03. The van der Waals surface area contributed by atoms with Crippen LogP contribution >= 0.6 is 0 Å². The van der Waals surface area contributed by atoms with Gasteiger partial charge in [0.05, 0.1) is 0 Å². The Morgan fingerprint density at radius 2 is 1.06 bits per heavy atom. The van der Waals surface area contributed by atoms with Crippen molar-refractivity contribution in [3.05, 3.63) is 90.5 Å². The van der Waals surface area contributed by atoms with Crippen LogP contribution in [0, 0.1) is 0 Å². The lowest BCUT2D eigenvalue weighted by molar-refractivity contribution is -0.120. The third kappa shape index (κ3) is 5.83. The van der Waals surface area contributed by atoms with Crippen LogP contribution < -0.4 is 4.74 Å². The van der Waals surface area contributed by atoms with Gasteiger partial charge in [-0.05, 0) is 70.8 Å². The molecule has 8 heteroatoms. The maximum Gasteiger partial charge on any atom is 0.339 e. The summed E-state index contributed by atoms with van der Waals surface area (Å²) in [5.41, 5.74) is 2.82. The number of aromatic carboxylic acids is 1. The van der Waals surface area contributed by atoms with Gasteiger partial charge < -0.3 is 30.3 Å². The summed E-state index contributed by atoms with van der Waals surface area (Å²) in [5.74, 6) is -1.34. The van der Waals surface area contributed by atoms with Gasteiger partial charge in [-0.1, -0.05) is 36.4 Å². The van der Waals surface area contributed by atoms with Crippen LogP contribution in [0.2, 0.25) is 0 Å². The molecule has 0 radical (unpaired) electrons. The smallest absolute Gasteiger partial charge is 0.339 e. The van der Waals surface area contributed by atoms with Gasteiger partial charge in [0.15, 0.2) is 11.5 Å². The molecule has 0 unspecified atom stereocenters. The molecule has 4 rings (SSSR count). The van der Waals surface area contributed by atoms with Gasteiger partial charge in [-0.3, -0.25) is 4.79 Å². The molecule has 0 saturated carbocycles. The van der Waals surface area contributed by atoms with Gasteiger partial charge in [-0.2, -0.15) is 0 Å². The molecule has 0 heterocycles. The summed E-state index contributed by atoms with van der Waals surface area (Å²) in [6.07, 6.45) is 0. The molecule has 0 fully saturated rings. The fourth-order valence-corrected chi connectivity index (χ4v) is 3.03. The summed E-state index contributed by atoms with van der Waals surface area (Å²) >= 11 is 0. The van der Waals surface area contributed by atoms with E-state index >= 15 is 0 Å². The summed E-state index contributed by atoms with van der Waals surface area (Å²) in [6, 6.07) is 22.2. The molecular formula is C26H20O8. The fourth-order valence-electron chi connectivity index (χ4n) is 3.03. The molecule has 4 aromatic carbocycles. The Morgan fingerprint density at radius 1 is 0.618 bits per heavy atom. The van der Waals surface area contributed by atoms with Gasteiger partial charge in [0, 0.05) is 0 Å². The van der Waals surface area contributed by atoms with E-state index in [4.69, 9.17) is 15.3 Å². The predicted molar refractivity (Wildman–Crippen MR) is 124 cm³/mol. The minimum absolute atomic E-state index is 0.0394. The topological polar surface area (TPSA) is 145 Å². The Hall–Kier alpha value is -4.98. The SMILES string of the molecule is O=COc1cc(-c2ccc(O)c(C(=O)O)c2)ccc1O.Oc1ccc(-c2ccc(O)cc2)cc1. The van der Waals surface area contributed by atoms with Crippen LogP contribution in [0.5, 0.6) is 28.7 Å². The van der Waals surface area contributed by atoms with Crippen molar-refractivity contribution in [2.75, 3.05) is 0 Å². The zero-order chi connectivity index (χ0) is 24.7. The summed E-state index contributed by atoms with van der Waals surface area (Å²) in [4.78, 5) is 21.3. The second kappa shape index (κ2) is 10.6. The Labute approximate surface area is 194 Å². The molecule has 0 aliphatic carbocycles. The van der Waals surface area contributed by atoms with Crippen LogP contribution in [-0.4, -0.2) is 38.0 Å². The predicted octanol–water partition coefficient (Wildman–Crippen LogP) is 4.76. The molecule has 0 aliphatic heterocycles. The quantitative estimate of drug-likeness (QED) is 0.268. The zero-order valence-corrected chi connectivity index (χ0v) is 17.6. The first-order valence-electron chi connectivity index (χ1n) is 9.87. The Kier molecular flexibility index (Phi) is 7.35. The van der Waals surface area contributed by atoms with Gasteiger partial charge in [-0.25, -0.2) is 4.79 Å². The van der Waals surface area contributed by atoms with Crippen LogP contribution in [-0.2, 0) is 4.79 Å². The first kappa shape index (κ1) is 23.7. The Bertz CT molecular complexity index is 1250. The lowest BCUT2D eigenvalue weighted by Crippen LogP contribution is -1.97. The number of carbonyl (C=O) groups excluding carboxylic acids is 1. The van der Waals surface area contributed by atoms with E-state index in [2.05, 4.69) is 4.74 Å². The van der Waals surface area contributed by atoms with Gasteiger partial charge >= 0.3 is 5.97 Å². The number of phenolic OH excluding ortho intramolecular Hbond substituents is 3. The summed E-state index contributed by atoms with van der Waals surface area (Å²) in [5, 5.41) is 46.1. The third-order valence-corrected chi connectivity index (χ3v) is 4.76. The molecule has 172 valence electrons. The maximum atomic E-state index is 11.0. The van der Waals surface area contributed by atoms with Crippen molar-refractivity contribution < 1.29 is 39.9 Å². The normalized spacial score (nSPS) is 10.0. The molecule has 0 aromatic heterocycles. The highest BCUT2D eigenvalue weighted by Crippen LogP contribution is 2.33. The van der Waals surface area contributed by atoms with Crippen LogP contribution in [0.4, 0.5) is 0 Å². The highest BCUT2D eigenvalue weighted by molar-refractivity contribution is 5.92. The number of rotatable bonds is 5. The van der Waals surface area contributed by atoms with Crippen molar-refractivity contribution in [3.8, 4) is 51.0 Å². The number of phenols is 4. The Balaban J connectivity index is 0.000000202. The van der Waals surface area contributed by atoms with Crippen molar-refractivity contribution in [3.63, 3.8) is 0 Å². The molecule has 34 heavy (non-hydrogen) atoms. The van der Waals surface area contributed by atoms with Gasteiger partial charge in [0.25, 0.3) is 6.47 Å². The highest BCUT2D eigenvalue weighted by atomic mass is 16.5. The minimum Gasteiger partial charge on any atom is -0.508 e. The lowest BCUT2D eigenvalue weighted by atomic mass is 10.0. The maximum absolute atomic E-state index is 11.0. The third-order valence-electron chi connectivity index (χ3n) is 4.76. The van der Waals surface area contributed by atoms with E-state index in [0.717, 1.165) is 11.1 Å². The molecule has 4 aromatic rings. The first-order chi connectivity index (χ1) is 16.3. The number of benzene rings is 4. The molecular weight excluding hydrogens is 440 g/mol. The van der Waals surface area contributed by atoms with Gasteiger partial charge in [0.2, 0.25) is 0 Å². The average molecular weight is 460 g/mol. The number of hydrogen-bond acceptors (Lipinski definition) is 7. The van der Waals surface area contributed by atoms with E-state index < -0.39 is 5.97 Å². The van der Waals surface area contributed by atoms with Crippen LogP contribution in [0.25, 0.3) is 22.3 Å². The molecule has 0 spiro atoms. The minimum atomic E-state index is -1.26. The number of hydrogen-bond donors (Lipinski definition) is 5. The molecule has 8 nitrogen and oxygen atoms in total. The monoisotopic (exact) mass is 460 g/mol. The second-order valence-electron chi connectivity index (χ2n) is 7.03. The number of aromatic hydroxyl groups is 4. The van der Waals surface area contributed by atoms with Crippen molar-refractivity contribution in [1.82, 2.24) is 0 Å². The van der Waals surface area contributed by atoms with E-state index in [-0.39, 0.29) is 40.8 Å². The summed E-state index contributed by atoms with van der Waals surface area (Å²) in [7, 11) is 0. The number of ether oxygens (including phenoxy) is 1. The zero-order valence-electron chi connectivity index (χ0n) is 17.6. The standard InChI is InChI=1S/C14H10O6.C12H10O2/c15-7-20-13-6-9(2-4-12(13)17)8-1-3-11(16)10(5-8)14(18)19;13-11-5-1-9(2-6-11)10-3-7-12(14)8-4-10/h1-7,16-17H,(H,18,19);1-8,13-14H. The number of carbonyl (C=O) groups is 2. The van der Waals surface area contributed by atoms with Crippen molar-refractivity contribution >= 4 is 12.4 Å².